The van der Waals surface area contributed by atoms with Crippen molar-refractivity contribution in [3.8, 4) is 11.5 Å². The molecule has 0 aliphatic carbocycles. The number of halogens is 1. The van der Waals surface area contributed by atoms with Crippen LogP contribution >= 0.6 is 11.6 Å². The van der Waals surface area contributed by atoms with E-state index in [1.165, 1.54) is 14.2 Å². The molecule has 0 aliphatic heterocycles. The molecule has 29 heavy (non-hydrogen) atoms. The largest absolute Gasteiger partial charge is 0.495 e. The van der Waals surface area contributed by atoms with E-state index in [0.29, 0.717) is 22.2 Å². The number of hydrogen-bond acceptors (Lipinski definition) is 5. The first-order chi connectivity index (χ1) is 13.8. The van der Waals surface area contributed by atoms with Crippen molar-refractivity contribution in [1.29, 1.82) is 0 Å². The first kappa shape index (κ1) is 22.4. The standard InChI is InChI=1S/C21H26ClN3O4/c1-12-7-6-8-13(2)20(12)25-19(26)11-23-21(27)14(3)24-16-9-15(22)17(28-4)10-18(16)29-5/h6-10,14,24H,11H2,1-5H3,(H,23,27)(H,25,26)/t14-/m0/s1. The molecule has 8 heteroatoms. The number of amides is 2. The molecule has 1 atom stereocenters. The van der Waals surface area contributed by atoms with Crippen molar-refractivity contribution in [2.75, 3.05) is 31.4 Å². The van der Waals surface area contributed by atoms with Gasteiger partial charge < -0.3 is 25.4 Å². The van der Waals surface area contributed by atoms with Gasteiger partial charge in [0.2, 0.25) is 11.8 Å². The maximum absolute atomic E-state index is 12.4. The van der Waals surface area contributed by atoms with Crippen molar-refractivity contribution < 1.29 is 19.1 Å². The van der Waals surface area contributed by atoms with Gasteiger partial charge in [-0.15, -0.1) is 0 Å². The minimum absolute atomic E-state index is 0.140. The molecule has 0 heterocycles. The van der Waals surface area contributed by atoms with Crippen LogP contribution < -0.4 is 25.4 Å². The zero-order valence-corrected chi connectivity index (χ0v) is 17.9. The summed E-state index contributed by atoms with van der Waals surface area (Å²) in [6, 6.07) is 8.39. The van der Waals surface area contributed by atoms with Crippen LogP contribution in [0.2, 0.25) is 5.02 Å². The van der Waals surface area contributed by atoms with E-state index in [9.17, 15) is 9.59 Å². The molecule has 7 nitrogen and oxygen atoms in total. The second kappa shape index (κ2) is 10.0. The highest BCUT2D eigenvalue weighted by atomic mass is 35.5. The number of rotatable bonds is 8. The smallest absolute Gasteiger partial charge is 0.243 e. The quantitative estimate of drug-likeness (QED) is 0.609. The van der Waals surface area contributed by atoms with E-state index in [0.717, 1.165) is 16.8 Å². The molecule has 0 aliphatic rings. The molecular weight excluding hydrogens is 394 g/mol. The van der Waals surface area contributed by atoms with Crippen molar-refractivity contribution in [2.24, 2.45) is 0 Å². The van der Waals surface area contributed by atoms with E-state index in [1.807, 2.05) is 32.0 Å². The first-order valence-electron chi connectivity index (χ1n) is 9.08. The Morgan fingerprint density at radius 2 is 1.69 bits per heavy atom. The molecule has 0 bridgehead atoms. The van der Waals surface area contributed by atoms with Crippen LogP contribution in [0.25, 0.3) is 0 Å². The van der Waals surface area contributed by atoms with Gasteiger partial charge >= 0.3 is 0 Å². The normalized spacial score (nSPS) is 11.4. The Morgan fingerprint density at radius 1 is 1.07 bits per heavy atom. The van der Waals surface area contributed by atoms with Crippen LogP contribution in [0.5, 0.6) is 11.5 Å². The minimum Gasteiger partial charge on any atom is -0.495 e. The van der Waals surface area contributed by atoms with Crippen LogP contribution in [0.1, 0.15) is 18.1 Å². The van der Waals surface area contributed by atoms with Crippen LogP contribution in [-0.2, 0) is 9.59 Å². The molecule has 2 amide bonds. The fraction of sp³-hybridized carbons (Fsp3) is 0.333. The van der Waals surface area contributed by atoms with Gasteiger partial charge in [-0.1, -0.05) is 29.8 Å². The van der Waals surface area contributed by atoms with E-state index in [1.54, 1.807) is 19.1 Å². The zero-order valence-electron chi connectivity index (χ0n) is 17.2. The van der Waals surface area contributed by atoms with E-state index >= 15 is 0 Å². The molecule has 3 N–H and O–H groups in total. The van der Waals surface area contributed by atoms with E-state index < -0.39 is 6.04 Å². The predicted molar refractivity (Wildman–Crippen MR) is 115 cm³/mol. The fourth-order valence-corrected chi connectivity index (χ4v) is 3.03. The molecular formula is C21H26ClN3O4. The molecule has 156 valence electrons. The lowest BCUT2D eigenvalue weighted by molar-refractivity contribution is -0.124. The second-order valence-electron chi connectivity index (χ2n) is 6.59. The molecule has 2 aromatic carbocycles. The summed E-state index contributed by atoms with van der Waals surface area (Å²) >= 11 is 6.15. The van der Waals surface area contributed by atoms with Crippen molar-refractivity contribution in [1.82, 2.24) is 5.32 Å². The molecule has 0 aromatic heterocycles. The van der Waals surface area contributed by atoms with Gasteiger partial charge in [0.25, 0.3) is 0 Å². The Morgan fingerprint density at radius 3 is 2.28 bits per heavy atom. The number of aryl methyl sites for hydroxylation is 2. The van der Waals surface area contributed by atoms with Crippen LogP contribution in [0.3, 0.4) is 0 Å². The number of carbonyl (C=O) groups excluding carboxylic acids is 2. The van der Waals surface area contributed by atoms with E-state index in [2.05, 4.69) is 16.0 Å². The average molecular weight is 420 g/mol. The van der Waals surface area contributed by atoms with Crippen molar-refractivity contribution in [3.63, 3.8) is 0 Å². The lowest BCUT2D eigenvalue weighted by Crippen LogP contribution is -2.41. The Labute approximate surface area is 175 Å². The van der Waals surface area contributed by atoms with E-state index in [4.69, 9.17) is 21.1 Å². The number of benzene rings is 2. The first-order valence-corrected chi connectivity index (χ1v) is 9.46. The Kier molecular flexibility index (Phi) is 7.73. The van der Waals surface area contributed by atoms with Crippen molar-refractivity contribution in [2.45, 2.75) is 26.8 Å². The lowest BCUT2D eigenvalue weighted by atomic mass is 10.1. The van der Waals surface area contributed by atoms with Gasteiger partial charge in [-0.3, -0.25) is 9.59 Å². The summed E-state index contributed by atoms with van der Waals surface area (Å²) in [4.78, 5) is 24.6. The molecule has 2 aromatic rings. The Balaban J connectivity index is 1.96. The molecule has 0 unspecified atom stereocenters. The average Bonchev–Trinajstić information content (AvgIpc) is 2.69. The van der Waals surface area contributed by atoms with Crippen LogP contribution in [0.4, 0.5) is 11.4 Å². The monoisotopic (exact) mass is 419 g/mol. The SMILES string of the molecule is COc1cc(OC)c(N[C@@H](C)C(=O)NCC(=O)Nc2c(C)cccc2C)cc1Cl. The molecule has 0 radical (unpaired) electrons. The zero-order chi connectivity index (χ0) is 21.6. The highest BCUT2D eigenvalue weighted by Gasteiger charge is 2.18. The third kappa shape index (κ3) is 5.77. The second-order valence-corrected chi connectivity index (χ2v) is 6.99. The summed E-state index contributed by atoms with van der Waals surface area (Å²) in [5, 5.41) is 8.88. The summed E-state index contributed by atoms with van der Waals surface area (Å²) in [5.41, 5.74) is 3.22. The number of anilines is 2. The van der Waals surface area contributed by atoms with Gasteiger partial charge in [0, 0.05) is 11.8 Å². The number of methoxy groups -OCH3 is 2. The molecule has 0 fully saturated rings. The third-order valence-corrected chi connectivity index (χ3v) is 4.70. The number of para-hydroxylation sites is 1. The molecule has 0 saturated carbocycles. The summed E-state index contributed by atoms with van der Waals surface area (Å²) in [7, 11) is 3.02. The van der Waals surface area contributed by atoms with Crippen molar-refractivity contribution >= 4 is 34.8 Å². The lowest BCUT2D eigenvalue weighted by Gasteiger charge is -2.18. The Hall–Kier alpha value is -2.93. The predicted octanol–water partition coefficient (Wildman–Crippen LogP) is 3.53. The summed E-state index contributed by atoms with van der Waals surface area (Å²) < 4.78 is 10.5. The summed E-state index contributed by atoms with van der Waals surface area (Å²) in [6.45, 7) is 5.37. The highest BCUT2D eigenvalue weighted by molar-refractivity contribution is 6.32. The maximum atomic E-state index is 12.4. The number of ether oxygens (including phenoxy) is 2. The van der Waals surface area contributed by atoms with Gasteiger partial charge in [-0.05, 0) is 38.0 Å². The van der Waals surface area contributed by atoms with Crippen LogP contribution in [-0.4, -0.2) is 38.6 Å². The van der Waals surface area contributed by atoms with Crippen molar-refractivity contribution in [3.05, 3.63) is 46.5 Å². The van der Waals surface area contributed by atoms with Gasteiger partial charge in [-0.25, -0.2) is 0 Å². The molecule has 0 spiro atoms. The number of hydrogen-bond donors (Lipinski definition) is 3. The molecule has 2 rings (SSSR count). The highest BCUT2D eigenvalue weighted by Crippen LogP contribution is 2.36. The van der Waals surface area contributed by atoms with Gasteiger partial charge in [0.15, 0.2) is 0 Å². The minimum atomic E-state index is -0.624. The van der Waals surface area contributed by atoms with E-state index in [-0.39, 0.29) is 18.4 Å². The van der Waals surface area contributed by atoms with Gasteiger partial charge in [0.1, 0.15) is 17.5 Å². The van der Waals surface area contributed by atoms with Crippen LogP contribution in [0.15, 0.2) is 30.3 Å². The topological polar surface area (TPSA) is 88.7 Å². The fourth-order valence-electron chi connectivity index (χ4n) is 2.79. The number of carbonyl (C=O) groups is 2. The van der Waals surface area contributed by atoms with Gasteiger partial charge in [-0.2, -0.15) is 0 Å². The molecule has 0 saturated heterocycles. The number of nitrogens with one attached hydrogen (secondary N) is 3. The maximum Gasteiger partial charge on any atom is 0.243 e. The van der Waals surface area contributed by atoms with Crippen LogP contribution in [0, 0.1) is 13.8 Å². The summed E-state index contributed by atoms with van der Waals surface area (Å²) in [6.07, 6.45) is 0. The van der Waals surface area contributed by atoms with Gasteiger partial charge in [0.05, 0.1) is 31.5 Å². The third-order valence-electron chi connectivity index (χ3n) is 4.41. The Bertz CT molecular complexity index is 881. The summed E-state index contributed by atoms with van der Waals surface area (Å²) in [5.74, 6) is 0.316.